The topological polar surface area (TPSA) is 110 Å². The Balaban J connectivity index is 0.000000381. The molecule has 0 spiro atoms. The SMILES string of the molecule is Nc1ccn2ncc(C(=O)NCC(F)(F)F)c2c1.O=C(O)C(F)(F)F. The third kappa shape index (κ3) is 6.19. The molecule has 2 aromatic rings. The summed E-state index contributed by atoms with van der Waals surface area (Å²) in [6.07, 6.45) is -6.82. The van der Waals surface area contributed by atoms with Crippen LogP contribution in [0.1, 0.15) is 10.4 Å². The van der Waals surface area contributed by atoms with Crippen LogP contribution in [0.5, 0.6) is 0 Å². The summed E-state index contributed by atoms with van der Waals surface area (Å²) in [5.74, 6) is -3.60. The first-order valence-electron chi connectivity index (χ1n) is 6.19. The van der Waals surface area contributed by atoms with Crippen molar-refractivity contribution in [3.05, 3.63) is 30.1 Å². The van der Waals surface area contributed by atoms with Crippen molar-refractivity contribution in [2.75, 3.05) is 12.3 Å². The number of carbonyl (C=O) groups excluding carboxylic acids is 1. The summed E-state index contributed by atoms with van der Waals surface area (Å²) in [7, 11) is 0. The van der Waals surface area contributed by atoms with Gasteiger partial charge in [0.2, 0.25) is 0 Å². The van der Waals surface area contributed by atoms with Crippen molar-refractivity contribution in [1.82, 2.24) is 14.9 Å². The van der Waals surface area contributed by atoms with Gasteiger partial charge >= 0.3 is 18.3 Å². The molecule has 0 aromatic carbocycles. The molecule has 4 N–H and O–H groups in total. The van der Waals surface area contributed by atoms with Gasteiger partial charge in [0.1, 0.15) is 6.54 Å². The highest BCUT2D eigenvalue weighted by Gasteiger charge is 2.38. The summed E-state index contributed by atoms with van der Waals surface area (Å²) in [6, 6.07) is 3.03. The van der Waals surface area contributed by atoms with Crippen molar-refractivity contribution in [3.8, 4) is 0 Å². The number of carboxylic acid groups (broad SMARTS) is 1. The van der Waals surface area contributed by atoms with Crippen LogP contribution >= 0.6 is 0 Å². The number of carbonyl (C=O) groups is 2. The fourth-order valence-corrected chi connectivity index (χ4v) is 1.45. The highest BCUT2D eigenvalue weighted by molar-refractivity contribution is 6.00. The molecule has 2 aromatic heterocycles. The molecule has 2 heterocycles. The van der Waals surface area contributed by atoms with E-state index in [1.807, 2.05) is 0 Å². The number of rotatable bonds is 2. The Morgan fingerprint density at radius 3 is 2.28 bits per heavy atom. The number of aromatic nitrogens is 2. The number of aliphatic carboxylic acids is 1. The van der Waals surface area contributed by atoms with Gasteiger partial charge in [-0.25, -0.2) is 9.31 Å². The molecule has 0 aliphatic carbocycles. The van der Waals surface area contributed by atoms with Crippen LogP contribution in [0.4, 0.5) is 32.0 Å². The van der Waals surface area contributed by atoms with Crippen molar-refractivity contribution >= 4 is 23.1 Å². The van der Waals surface area contributed by atoms with Gasteiger partial charge < -0.3 is 16.2 Å². The molecule has 13 heteroatoms. The quantitative estimate of drug-likeness (QED) is 0.697. The van der Waals surface area contributed by atoms with E-state index >= 15 is 0 Å². The molecule has 0 aliphatic heterocycles. The summed E-state index contributed by atoms with van der Waals surface area (Å²) in [4.78, 5) is 20.5. The maximum Gasteiger partial charge on any atom is 0.490 e. The summed E-state index contributed by atoms with van der Waals surface area (Å²) >= 11 is 0. The summed E-state index contributed by atoms with van der Waals surface area (Å²) < 4.78 is 69.0. The molecule has 0 radical (unpaired) electrons. The van der Waals surface area contributed by atoms with E-state index in [2.05, 4.69) is 5.10 Å². The molecule has 0 unspecified atom stereocenters. The predicted molar refractivity (Wildman–Crippen MR) is 71.7 cm³/mol. The molecule has 138 valence electrons. The lowest BCUT2D eigenvalue weighted by Gasteiger charge is -2.07. The largest absolute Gasteiger partial charge is 0.490 e. The molecule has 0 atom stereocenters. The molecule has 0 saturated carbocycles. The molecular formula is C12H10F6N4O3. The number of alkyl halides is 6. The minimum atomic E-state index is -5.08. The molecule has 0 aliphatic rings. The lowest BCUT2D eigenvalue weighted by atomic mass is 10.2. The second-order valence-electron chi connectivity index (χ2n) is 4.45. The first-order valence-corrected chi connectivity index (χ1v) is 6.19. The standard InChI is InChI=1S/C10H9F3N4O.C2HF3O2/c11-10(12,13)5-15-9(18)7-4-16-17-2-1-6(14)3-8(7)17;3-2(4,5)1(6)7/h1-4H,5,14H2,(H,15,18);(H,6,7). The van der Waals surface area contributed by atoms with E-state index in [1.54, 1.807) is 11.4 Å². The predicted octanol–water partition coefficient (Wildman–Crippen LogP) is 1.84. The van der Waals surface area contributed by atoms with E-state index in [1.165, 1.54) is 23.0 Å². The van der Waals surface area contributed by atoms with Crippen molar-refractivity contribution in [2.24, 2.45) is 0 Å². The number of nitrogen functional groups attached to an aromatic ring is 1. The minimum absolute atomic E-state index is 0.0477. The summed E-state index contributed by atoms with van der Waals surface area (Å²) in [6.45, 7) is -1.38. The van der Waals surface area contributed by atoms with Gasteiger partial charge in [-0.1, -0.05) is 0 Å². The zero-order valence-corrected chi connectivity index (χ0v) is 12.0. The first-order chi connectivity index (χ1) is 11.3. The van der Waals surface area contributed by atoms with Gasteiger partial charge in [-0.3, -0.25) is 4.79 Å². The minimum Gasteiger partial charge on any atom is -0.475 e. The van der Waals surface area contributed by atoms with Gasteiger partial charge in [0.05, 0.1) is 17.3 Å². The van der Waals surface area contributed by atoms with Crippen LogP contribution in [-0.2, 0) is 4.79 Å². The number of anilines is 1. The van der Waals surface area contributed by atoms with Crippen LogP contribution < -0.4 is 11.1 Å². The van der Waals surface area contributed by atoms with Crippen LogP contribution in [0.15, 0.2) is 24.5 Å². The van der Waals surface area contributed by atoms with E-state index in [0.717, 1.165) is 0 Å². The van der Waals surface area contributed by atoms with E-state index in [-0.39, 0.29) is 5.56 Å². The summed E-state index contributed by atoms with van der Waals surface area (Å²) in [5, 5.41) is 12.7. The highest BCUT2D eigenvalue weighted by Crippen LogP contribution is 2.16. The average Bonchev–Trinajstić information content (AvgIpc) is 2.86. The molecule has 25 heavy (non-hydrogen) atoms. The zero-order chi connectivity index (χ0) is 19.4. The number of pyridine rings is 1. The third-order valence-electron chi connectivity index (χ3n) is 2.48. The van der Waals surface area contributed by atoms with E-state index in [9.17, 15) is 31.1 Å². The Labute approximate surface area is 135 Å². The number of hydrogen-bond donors (Lipinski definition) is 3. The average molecular weight is 372 g/mol. The van der Waals surface area contributed by atoms with Crippen LogP contribution in [0.3, 0.4) is 0 Å². The highest BCUT2D eigenvalue weighted by atomic mass is 19.4. The maximum atomic E-state index is 12.0. The monoisotopic (exact) mass is 372 g/mol. The van der Waals surface area contributed by atoms with Gasteiger partial charge in [0.15, 0.2) is 0 Å². The van der Waals surface area contributed by atoms with Crippen LogP contribution in [0.2, 0.25) is 0 Å². The van der Waals surface area contributed by atoms with Crippen molar-refractivity contribution < 1.29 is 41.0 Å². The Bertz CT molecular complexity index is 768. The molecule has 0 bridgehead atoms. The van der Waals surface area contributed by atoms with Gasteiger partial charge in [-0.2, -0.15) is 31.4 Å². The van der Waals surface area contributed by atoms with Gasteiger partial charge in [-0.15, -0.1) is 0 Å². The second-order valence-corrected chi connectivity index (χ2v) is 4.45. The Morgan fingerprint density at radius 2 is 1.80 bits per heavy atom. The number of hydrogen-bond acceptors (Lipinski definition) is 4. The second kappa shape index (κ2) is 7.27. The fourth-order valence-electron chi connectivity index (χ4n) is 1.45. The first kappa shape index (κ1) is 20.1. The molecule has 0 fully saturated rings. The normalized spacial score (nSPS) is 11.6. The van der Waals surface area contributed by atoms with Gasteiger partial charge in [-0.05, 0) is 12.1 Å². The number of fused-ring (bicyclic) bond motifs is 1. The van der Waals surface area contributed by atoms with Crippen molar-refractivity contribution in [2.45, 2.75) is 12.4 Å². The zero-order valence-electron chi connectivity index (χ0n) is 12.0. The van der Waals surface area contributed by atoms with Crippen LogP contribution in [-0.4, -0.2) is 45.5 Å². The molecule has 0 saturated heterocycles. The van der Waals surface area contributed by atoms with Gasteiger partial charge in [0.25, 0.3) is 5.91 Å². The lowest BCUT2D eigenvalue weighted by Crippen LogP contribution is -2.33. The number of carboxylic acids is 1. The van der Waals surface area contributed by atoms with Crippen molar-refractivity contribution in [1.29, 1.82) is 0 Å². The van der Waals surface area contributed by atoms with Crippen molar-refractivity contribution in [3.63, 3.8) is 0 Å². The lowest BCUT2D eigenvalue weighted by molar-refractivity contribution is -0.192. The van der Waals surface area contributed by atoms with E-state index in [4.69, 9.17) is 15.6 Å². The Kier molecular flexibility index (Phi) is 5.83. The maximum absolute atomic E-state index is 12.0. The van der Waals surface area contributed by atoms with E-state index in [0.29, 0.717) is 11.2 Å². The number of amides is 1. The smallest absolute Gasteiger partial charge is 0.475 e. The summed E-state index contributed by atoms with van der Waals surface area (Å²) in [5.41, 5.74) is 6.34. The Morgan fingerprint density at radius 1 is 1.24 bits per heavy atom. The van der Waals surface area contributed by atoms with Crippen LogP contribution in [0, 0.1) is 0 Å². The fraction of sp³-hybridized carbons (Fsp3) is 0.250. The molecular weight excluding hydrogens is 362 g/mol. The molecule has 2 rings (SSSR count). The number of nitrogens with zero attached hydrogens (tertiary/aromatic N) is 2. The van der Waals surface area contributed by atoms with Gasteiger partial charge in [0, 0.05) is 11.9 Å². The molecule has 1 amide bonds. The third-order valence-corrected chi connectivity index (χ3v) is 2.48. The number of nitrogens with two attached hydrogens (primary N) is 1. The molecule has 7 nitrogen and oxygen atoms in total. The van der Waals surface area contributed by atoms with E-state index < -0.39 is 30.8 Å². The Hall–Kier alpha value is -2.99. The van der Waals surface area contributed by atoms with Crippen LogP contribution in [0.25, 0.3) is 5.52 Å². The number of halogens is 6. The number of nitrogens with one attached hydrogen (secondary N) is 1.